The van der Waals surface area contributed by atoms with Crippen molar-refractivity contribution in [2.75, 3.05) is 6.54 Å². The van der Waals surface area contributed by atoms with Gasteiger partial charge in [-0.15, -0.1) is 0 Å². The molecule has 0 aromatic heterocycles. The van der Waals surface area contributed by atoms with Gasteiger partial charge in [-0.2, -0.15) is 13.2 Å². The summed E-state index contributed by atoms with van der Waals surface area (Å²) >= 11 is 0. The first-order chi connectivity index (χ1) is 15.1. The van der Waals surface area contributed by atoms with Crippen molar-refractivity contribution in [3.05, 3.63) is 71.8 Å². The Balaban J connectivity index is 2.02. The minimum absolute atomic E-state index is 0.0301. The van der Waals surface area contributed by atoms with Gasteiger partial charge in [0.15, 0.2) is 0 Å². The molecule has 2 aromatic rings. The number of benzene rings is 2. The third kappa shape index (κ3) is 7.67. The van der Waals surface area contributed by atoms with Crippen LogP contribution < -0.4 is 10.6 Å². The van der Waals surface area contributed by atoms with E-state index < -0.39 is 42.5 Å². The van der Waals surface area contributed by atoms with E-state index >= 15 is 0 Å². The van der Waals surface area contributed by atoms with Crippen LogP contribution in [0.1, 0.15) is 37.9 Å². The smallest absolute Gasteiger partial charge is 0.401 e. The maximum absolute atomic E-state index is 13.6. The molecule has 2 N–H and O–H groups in total. The predicted molar refractivity (Wildman–Crippen MR) is 115 cm³/mol. The summed E-state index contributed by atoms with van der Waals surface area (Å²) in [4.78, 5) is 25.0. The number of rotatable bonds is 10. The average molecular weight is 451 g/mol. The Hall–Kier alpha value is -2.87. The molecule has 0 fully saturated rings. The lowest BCUT2D eigenvalue weighted by Crippen LogP contribution is -2.52. The van der Waals surface area contributed by atoms with Gasteiger partial charge in [-0.3, -0.25) is 4.79 Å². The number of esters is 1. The van der Waals surface area contributed by atoms with Crippen LogP contribution in [0.15, 0.2) is 60.7 Å². The van der Waals surface area contributed by atoms with E-state index in [9.17, 15) is 22.8 Å². The van der Waals surface area contributed by atoms with Crippen LogP contribution in [0.25, 0.3) is 0 Å². The summed E-state index contributed by atoms with van der Waals surface area (Å²) in [5.41, 5.74) is 1.54. The van der Waals surface area contributed by atoms with Crippen molar-refractivity contribution in [3.8, 4) is 0 Å². The van der Waals surface area contributed by atoms with Crippen molar-refractivity contribution in [1.82, 2.24) is 10.6 Å². The molecule has 2 aromatic carbocycles. The molecule has 2 rings (SSSR count). The first kappa shape index (κ1) is 25.4. The molecule has 32 heavy (non-hydrogen) atoms. The summed E-state index contributed by atoms with van der Waals surface area (Å²) in [7, 11) is 0. The summed E-state index contributed by atoms with van der Waals surface area (Å²) in [6, 6.07) is 16.3. The number of ether oxygens (including phenoxy) is 1. The number of hydrogen-bond acceptors (Lipinski definition) is 4. The van der Waals surface area contributed by atoms with E-state index in [1.165, 1.54) is 0 Å². The molecule has 174 valence electrons. The number of carbonyl (C=O) groups excluding carboxylic acids is 2. The van der Waals surface area contributed by atoms with Crippen molar-refractivity contribution in [2.24, 2.45) is 11.8 Å². The zero-order valence-corrected chi connectivity index (χ0v) is 18.4. The van der Waals surface area contributed by atoms with Gasteiger partial charge in [0.2, 0.25) is 5.91 Å². The van der Waals surface area contributed by atoms with Crippen molar-refractivity contribution in [2.45, 2.75) is 45.6 Å². The van der Waals surface area contributed by atoms with Crippen LogP contribution in [0.4, 0.5) is 13.2 Å². The lowest BCUT2D eigenvalue weighted by Gasteiger charge is -2.26. The van der Waals surface area contributed by atoms with Crippen LogP contribution in [-0.2, 0) is 20.9 Å². The molecule has 0 radical (unpaired) electrons. The average Bonchev–Trinajstić information content (AvgIpc) is 2.76. The Morgan fingerprint density at radius 1 is 0.938 bits per heavy atom. The summed E-state index contributed by atoms with van der Waals surface area (Å²) in [5.74, 6) is -4.80. The lowest BCUT2D eigenvalue weighted by molar-refractivity contribution is -0.183. The van der Waals surface area contributed by atoms with Gasteiger partial charge in [0.05, 0.1) is 0 Å². The maximum atomic E-state index is 13.6. The van der Waals surface area contributed by atoms with E-state index in [0.717, 1.165) is 11.1 Å². The molecule has 0 saturated heterocycles. The number of hydrogen-bond donors (Lipinski definition) is 2. The predicted octanol–water partition coefficient (Wildman–Crippen LogP) is 4.40. The number of alkyl halides is 3. The van der Waals surface area contributed by atoms with Gasteiger partial charge in [0, 0.05) is 12.6 Å². The van der Waals surface area contributed by atoms with E-state index in [1.54, 1.807) is 69.3 Å². The van der Waals surface area contributed by atoms with Crippen LogP contribution in [0, 0.1) is 11.8 Å². The van der Waals surface area contributed by atoms with Crippen LogP contribution >= 0.6 is 0 Å². The van der Waals surface area contributed by atoms with E-state index in [0.29, 0.717) is 0 Å². The topological polar surface area (TPSA) is 67.4 Å². The molecule has 0 unspecified atom stereocenters. The quantitative estimate of drug-likeness (QED) is 0.527. The number of halogens is 3. The summed E-state index contributed by atoms with van der Waals surface area (Å²) in [5, 5.41) is 5.02. The highest BCUT2D eigenvalue weighted by Gasteiger charge is 2.46. The molecule has 0 aliphatic rings. The lowest BCUT2D eigenvalue weighted by atomic mass is 10.0. The van der Waals surface area contributed by atoms with E-state index in [-0.39, 0.29) is 12.6 Å². The molecule has 0 aliphatic carbocycles. The monoisotopic (exact) mass is 450 g/mol. The number of carbonyl (C=O) groups is 2. The van der Waals surface area contributed by atoms with Crippen molar-refractivity contribution in [1.29, 1.82) is 0 Å². The minimum Gasteiger partial charge on any atom is -0.459 e. The van der Waals surface area contributed by atoms with E-state index in [2.05, 4.69) is 10.6 Å². The third-order valence-electron chi connectivity index (χ3n) is 5.08. The number of amides is 1. The van der Waals surface area contributed by atoms with Gasteiger partial charge in [0.25, 0.3) is 0 Å². The van der Waals surface area contributed by atoms with Crippen LogP contribution in [0.5, 0.6) is 0 Å². The first-order valence-corrected chi connectivity index (χ1v) is 10.5. The van der Waals surface area contributed by atoms with Gasteiger partial charge < -0.3 is 15.4 Å². The van der Waals surface area contributed by atoms with Crippen molar-refractivity contribution in [3.63, 3.8) is 0 Å². The second-order valence-electron chi connectivity index (χ2n) is 7.96. The molecule has 5 nitrogen and oxygen atoms in total. The normalized spacial score (nSPS) is 14.5. The fourth-order valence-electron chi connectivity index (χ4n) is 3.08. The number of nitrogens with one attached hydrogen (secondary N) is 2. The zero-order chi connectivity index (χ0) is 23.7. The third-order valence-corrected chi connectivity index (χ3v) is 5.08. The van der Waals surface area contributed by atoms with Gasteiger partial charge in [0.1, 0.15) is 18.6 Å². The molecule has 1 amide bonds. The fraction of sp³-hybridized carbons (Fsp3) is 0.417. The Morgan fingerprint density at radius 3 is 2.03 bits per heavy atom. The van der Waals surface area contributed by atoms with E-state index in [4.69, 9.17) is 4.74 Å². The van der Waals surface area contributed by atoms with Crippen molar-refractivity contribution < 1.29 is 27.5 Å². The largest absolute Gasteiger partial charge is 0.459 e. The van der Waals surface area contributed by atoms with Gasteiger partial charge in [-0.1, -0.05) is 74.5 Å². The standard InChI is InChI=1S/C24H29F3N2O3/c1-16(2)21(23(31)32-15-18-10-6-4-7-11-18)29-22(30)20(24(25,26)27)14-28-17(3)19-12-8-5-9-13-19/h4-13,16-17,20-21,28H,14-15H2,1-3H3,(H,29,30)/t17-,20+,21+/m1/s1. The van der Waals surface area contributed by atoms with Gasteiger partial charge in [-0.25, -0.2) is 4.79 Å². The molecular weight excluding hydrogens is 421 g/mol. The molecule has 0 aliphatic heterocycles. The molecular formula is C24H29F3N2O3. The highest BCUT2D eigenvalue weighted by atomic mass is 19.4. The highest BCUT2D eigenvalue weighted by molar-refractivity contribution is 5.86. The Morgan fingerprint density at radius 2 is 1.50 bits per heavy atom. The van der Waals surface area contributed by atoms with Crippen LogP contribution in [-0.4, -0.2) is 30.6 Å². The summed E-state index contributed by atoms with van der Waals surface area (Å²) in [6.45, 7) is 4.34. The summed E-state index contributed by atoms with van der Waals surface area (Å²) < 4.78 is 46.1. The fourth-order valence-corrected chi connectivity index (χ4v) is 3.08. The molecule has 0 heterocycles. The molecule has 0 bridgehead atoms. The van der Waals surface area contributed by atoms with E-state index in [1.807, 2.05) is 12.1 Å². The zero-order valence-electron chi connectivity index (χ0n) is 18.4. The minimum atomic E-state index is -4.77. The highest BCUT2D eigenvalue weighted by Crippen LogP contribution is 2.27. The molecule has 0 saturated carbocycles. The Labute approximate surface area is 186 Å². The molecule has 0 spiro atoms. The SMILES string of the molecule is CC(C)[C@H](NC(=O)[C@H](CN[C@H](C)c1ccccc1)C(F)(F)F)C(=O)OCc1ccccc1. The molecule has 8 heteroatoms. The molecule has 3 atom stereocenters. The first-order valence-electron chi connectivity index (χ1n) is 10.5. The van der Waals surface area contributed by atoms with Gasteiger partial charge in [-0.05, 0) is 24.0 Å². The Bertz CT molecular complexity index is 858. The van der Waals surface area contributed by atoms with Crippen molar-refractivity contribution >= 4 is 11.9 Å². The second-order valence-corrected chi connectivity index (χ2v) is 7.96. The van der Waals surface area contributed by atoms with Gasteiger partial charge >= 0.3 is 12.1 Å². The summed E-state index contributed by atoms with van der Waals surface area (Å²) in [6.07, 6.45) is -4.77. The second kappa shape index (κ2) is 11.7. The van der Waals surface area contributed by atoms with Crippen LogP contribution in [0.3, 0.4) is 0 Å². The Kier molecular flexibility index (Phi) is 9.26. The van der Waals surface area contributed by atoms with Crippen LogP contribution in [0.2, 0.25) is 0 Å². The maximum Gasteiger partial charge on any atom is 0.401 e.